The predicted molar refractivity (Wildman–Crippen MR) is 68.8 cm³/mol. The number of hydrogen-bond acceptors (Lipinski definition) is 4. The van der Waals surface area contributed by atoms with E-state index in [0.29, 0.717) is 11.4 Å². The van der Waals surface area contributed by atoms with E-state index < -0.39 is 0 Å². The monoisotopic (exact) mass is 249 g/mol. The van der Waals surface area contributed by atoms with Crippen molar-refractivity contribution >= 4 is 11.4 Å². The number of anilines is 2. The minimum absolute atomic E-state index is 0.0301. The van der Waals surface area contributed by atoms with Gasteiger partial charge in [0.25, 0.3) is 0 Å². The van der Waals surface area contributed by atoms with Gasteiger partial charge in [-0.2, -0.15) is 0 Å². The van der Waals surface area contributed by atoms with E-state index in [1.165, 1.54) is 12.1 Å². The molecule has 2 aromatic rings. The molecule has 3 N–H and O–H groups in total. The van der Waals surface area contributed by atoms with E-state index in [1.807, 2.05) is 20.8 Å². The Kier molecular flexibility index (Phi) is 3.23. The van der Waals surface area contributed by atoms with Crippen LogP contribution in [0.3, 0.4) is 0 Å². The molecule has 0 aliphatic carbocycles. The Labute approximate surface area is 105 Å². The highest BCUT2D eigenvalue weighted by molar-refractivity contribution is 5.55. The van der Waals surface area contributed by atoms with Crippen LogP contribution in [0.1, 0.15) is 30.0 Å². The van der Waals surface area contributed by atoms with E-state index >= 15 is 0 Å². The zero-order chi connectivity index (χ0) is 13.3. The summed E-state index contributed by atoms with van der Waals surface area (Å²) in [6.07, 6.45) is 0. The quantitative estimate of drug-likeness (QED) is 0.820. The van der Waals surface area contributed by atoms with Crippen molar-refractivity contribution in [1.29, 1.82) is 0 Å². The van der Waals surface area contributed by atoms with E-state index in [9.17, 15) is 4.39 Å². The minimum atomic E-state index is -0.358. The van der Waals surface area contributed by atoms with Crippen molar-refractivity contribution < 1.29 is 8.91 Å². The standard InChI is InChI=1S/C13H16FN3O/c1-7(13-8(2)17-18-9(13)3)16-12-5-10(14)4-11(15)6-12/h4-7,16H,15H2,1-3H3. The molecule has 0 bridgehead atoms. The number of halogens is 1. The van der Waals surface area contributed by atoms with Gasteiger partial charge in [0.05, 0.1) is 11.7 Å². The van der Waals surface area contributed by atoms with Gasteiger partial charge in [0.2, 0.25) is 0 Å². The van der Waals surface area contributed by atoms with Crippen LogP contribution in [0.5, 0.6) is 0 Å². The summed E-state index contributed by atoms with van der Waals surface area (Å²) in [5.74, 6) is 0.403. The molecule has 1 unspecified atom stereocenters. The molecular weight excluding hydrogens is 233 g/mol. The molecule has 96 valence electrons. The molecule has 1 heterocycles. The third-order valence-electron chi connectivity index (χ3n) is 2.82. The van der Waals surface area contributed by atoms with Crippen LogP contribution in [0.2, 0.25) is 0 Å². The van der Waals surface area contributed by atoms with Crippen molar-refractivity contribution in [2.75, 3.05) is 11.1 Å². The van der Waals surface area contributed by atoms with Crippen LogP contribution >= 0.6 is 0 Å². The van der Waals surface area contributed by atoms with Gasteiger partial charge < -0.3 is 15.6 Å². The van der Waals surface area contributed by atoms with Crippen LogP contribution in [-0.4, -0.2) is 5.16 Å². The third-order valence-corrected chi connectivity index (χ3v) is 2.82. The molecule has 0 amide bonds. The lowest BCUT2D eigenvalue weighted by atomic mass is 10.1. The molecule has 0 aliphatic rings. The smallest absolute Gasteiger partial charge is 0.139 e. The molecule has 1 atom stereocenters. The number of nitrogens with one attached hydrogen (secondary N) is 1. The number of aryl methyl sites for hydroxylation is 2. The maximum absolute atomic E-state index is 13.2. The van der Waals surface area contributed by atoms with Crippen molar-refractivity contribution in [1.82, 2.24) is 5.16 Å². The highest BCUT2D eigenvalue weighted by atomic mass is 19.1. The molecule has 0 saturated carbocycles. The van der Waals surface area contributed by atoms with Gasteiger partial charge in [-0.15, -0.1) is 0 Å². The van der Waals surface area contributed by atoms with E-state index in [2.05, 4.69) is 10.5 Å². The molecule has 0 saturated heterocycles. The molecule has 2 rings (SSSR count). The van der Waals surface area contributed by atoms with Gasteiger partial charge in [0, 0.05) is 16.9 Å². The van der Waals surface area contributed by atoms with Crippen LogP contribution < -0.4 is 11.1 Å². The fraction of sp³-hybridized carbons (Fsp3) is 0.308. The maximum atomic E-state index is 13.2. The molecular formula is C13H16FN3O. The lowest BCUT2D eigenvalue weighted by Crippen LogP contribution is -2.09. The summed E-state index contributed by atoms with van der Waals surface area (Å²) < 4.78 is 18.3. The molecule has 1 aromatic heterocycles. The topological polar surface area (TPSA) is 64.1 Å². The lowest BCUT2D eigenvalue weighted by molar-refractivity contribution is 0.392. The fourth-order valence-corrected chi connectivity index (χ4v) is 2.13. The Balaban J connectivity index is 2.24. The zero-order valence-electron chi connectivity index (χ0n) is 10.6. The van der Waals surface area contributed by atoms with Crippen LogP contribution in [0.15, 0.2) is 22.7 Å². The van der Waals surface area contributed by atoms with Gasteiger partial charge in [0.1, 0.15) is 11.6 Å². The number of nitrogens with zero attached hydrogens (tertiary/aromatic N) is 1. The van der Waals surface area contributed by atoms with Crippen molar-refractivity contribution in [2.24, 2.45) is 0 Å². The average Bonchev–Trinajstić information content (AvgIpc) is 2.56. The molecule has 5 heteroatoms. The van der Waals surface area contributed by atoms with E-state index in [1.54, 1.807) is 6.07 Å². The maximum Gasteiger partial charge on any atom is 0.139 e. The van der Waals surface area contributed by atoms with Crippen molar-refractivity contribution in [3.05, 3.63) is 41.0 Å². The first kappa shape index (κ1) is 12.4. The first-order valence-corrected chi connectivity index (χ1v) is 5.72. The minimum Gasteiger partial charge on any atom is -0.399 e. The number of nitrogens with two attached hydrogens (primary N) is 1. The Morgan fingerprint density at radius 2 is 2.06 bits per heavy atom. The van der Waals surface area contributed by atoms with Gasteiger partial charge in [-0.3, -0.25) is 0 Å². The van der Waals surface area contributed by atoms with Gasteiger partial charge in [-0.1, -0.05) is 5.16 Å². The SMILES string of the molecule is Cc1noc(C)c1C(C)Nc1cc(N)cc(F)c1. The van der Waals surface area contributed by atoms with Crippen molar-refractivity contribution in [3.8, 4) is 0 Å². The molecule has 4 nitrogen and oxygen atoms in total. The summed E-state index contributed by atoms with van der Waals surface area (Å²) in [6.45, 7) is 5.70. The summed E-state index contributed by atoms with van der Waals surface area (Å²) in [7, 11) is 0. The van der Waals surface area contributed by atoms with Gasteiger partial charge in [-0.05, 0) is 39.0 Å². The Bertz CT molecular complexity index is 526. The van der Waals surface area contributed by atoms with Crippen molar-refractivity contribution in [2.45, 2.75) is 26.8 Å². The van der Waals surface area contributed by atoms with Crippen LogP contribution in [0.4, 0.5) is 15.8 Å². The summed E-state index contributed by atoms with van der Waals surface area (Å²) in [6, 6.07) is 4.35. The number of rotatable bonds is 3. The Morgan fingerprint density at radius 3 is 2.61 bits per heavy atom. The summed E-state index contributed by atoms with van der Waals surface area (Å²) in [5, 5.41) is 7.09. The summed E-state index contributed by atoms with van der Waals surface area (Å²) >= 11 is 0. The third kappa shape index (κ3) is 2.45. The second kappa shape index (κ2) is 4.68. The Morgan fingerprint density at radius 1 is 1.33 bits per heavy atom. The highest BCUT2D eigenvalue weighted by Crippen LogP contribution is 2.26. The molecule has 0 radical (unpaired) electrons. The second-order valence-corrected chi connectivity index (χ2v) is 4.38. The van der Waals surface area contributed by atoms with Gasteiger partial charge >= 0.3 is 0 Å². The van der Waals surface area contributed by atoms with E-state index in [0.717, 1.165) is 17.0 Å². The number of benzene rings is 1. The number of hydrogen-bond donors (Lipinski definition) is 2. The van der Waals surface area contributed by atoms with Crippen molar-refractivity contribution in [3.63, 3.8) is 0 Å². The first-order chi connectivity index (χ1) is 8.47. The van der Waals surface area contributed by atoms with Crippen LogP contribution in [0.25, 0.3) is 0 Å². The largest absolute Gasteiger partial charge is 0.399 e. The van der Waals surface area contributed by atoms with Gasteiger partial charge in [0.15, 0.2) is 0 Å². The first-order valence-electron chi connectivity index (χ1n) is 5.72. The predicted octanol–water partition coefficient (Wildman–Crippen LogP) is 3.19. The molecule has 18 heavy (non-hydrogen) atoms. The molecule has 0 spiro atoms. The fourth-order valence-electron chi connectivity index (χ4n) is 2.13. The second-order valence-electron chi connectivity index (χ2n) is 4.38. The van der Waals surface area contributed by atoms with Crippen LogP contribution in [0, 0.1) is 19.7 Å². The number of nitrogen functional groups attached to an aromatic ring is 1. The normalized spacial score (nSPS) is 12.4. The zero-order valence-corrected chi connectivity index (χ0v) is 10.6. The van der Waals surface area contributed by atoms with E-state index in [4.69, 9.17) is 10.3 Å². The summed E-state index contributed by atoms with van der Waals surface area (Å²) in [5.41, 5.74) is 8.45. The lowest BCUT2D eigenvalue weighted by Gasteiger charge is -2.15. The number of aromatic nitrogens is 1. The van der Waals surface area contributed by atoms with Gasteiger partial charge in [-0.25, -0.2) is 4.39 Å². The molecule has 0 aliphatic heterocycles. The average molecular weight is 249 g/mol. The van der Waals surface area contributed by atoms with Crippen LogP contribution in [-0.2, 0) is 0 Å². The molecule has 1 aromatic carbocycles. The van der Waals surface area contributed by atoms with E-state index in [-0.39, 0.29) is 11.9 Å². The molecule has 0 fully saturated rings. The summed E-state index contributed by atoms with van der Waals surface area (Å²) in [4.78, 5) is 0. The highest BCUT2D eigenvalue weighted by Gasteiger charge is 2.16. The Hall–Kier alpha value is -2.04.